The number of hydrogen-bond donors (Lipinski definition) is 1. The molecule has 0 bridgehead atoms. The van der Waals surface area contributed by atoms with Crippen LogP contribution in [0.2, 0.25) is 0 Å². The van der Waals surface area contributed by atoms with Crippen LogP contribution in [0.15, 0.2) is 78.9 Å². The lowest BCUT2D eigenvalue weighted by atomic mass is 10.1. The first kappa shape index (κ1) is 22.0. The van der Waals surface area contributed by atoms with Gasteiger partial charge in [-0.1, -0.05) is 60.7 Å². The fourth-order valence-electron chi connectivity index (χ4n) is 4.28. The van der Waals surface area contributed by atoms with E-state index in [0.717, 1.165) is 59.6 Å². The molecule has 1 N–H and O–H groups in total. The minimum absolute atomic E-state index is 0.204. The average molecular weight is 456 g/mol. The SMILES string of the molecule is CN1CCN(c2c(C(=O)OCc3ccc(OCc4ccccc4)cc3)[nH]c3ccccc23)CC1. The first-order valence-corrected chi connectivity index (χ1v) is 11.6. The number of aromatic nitrogens is 1. The van der Waals surface area contributed by atoms with E-state index in [0.29, 0.717) is 12.3 Å². The van der Waals surface area contributed by atoms with E-state index in [1.807, 2.05) is 72.8 Å². The quantitative estimate of drug-likeness (QED) is 0.404. The Morgan fingerprint density at radius 3 is 2.26 bits per heavy atom. The molecule has 4 aromatic rings. The van der Waals surface area contributed by atoms with Crippen LogP contribution in [0, 0.1) is 0 Å². The highest BCUT2D eigenvalue weighted by Gasteiger charge is 2.25. The summed E-state index contributed by atoms with van der Waals surface area (Å²) >= 11 is 0. The maximum atomic E-state index is 13.1. The molecule has 0 saturated carbocycles. The summed E-state index contributed by atoms with van der Waals surface area (Å²) in [6.45, 7) is 4.41. The first-order chi connectivity index (χ1) is 16.7. The lowest BCUT2D eigenvalue weighted by Gasteiger charge is -2.34. The van der Waals surface area contributed by atoms with Crippen LogP contribution in [-0.4, -0.2) is 49.1 Å². The second kappa shape index (κ2) is 10.0. The summed E-state index contributed by atoms with van der Waals surface area (Å²) in [6, 6.07) is 25.8. The molecule has 34 heavy (non-hydrogen) atoms. The normalized spacial score (nSPS) is 14.3. The summed E-state index contributed by atoms with van der Waals surface area (Å²) < 4.78 is 11.6. The summed E-state index contributed by atoms with van der Waals surface area (Å²) in [5, 5.41) is 1.05. The molecule has 0 aliphatic carbocycles. The number of rotatable bonds is 7. The molecule has 0 spiro atoms. The number of esters is 1. The Balaban J connectivity index is 1.25. The number of fused-ring (bicyclic) bond motifs is 1. The molecule has 1 aliphatic heterocycles. The number of nitrogens with zero attached hydrogens (tertiary/aromatic N) is 2. The number of piperazine rings is 1. The fourth-order valence-corrected chi connectivity index (χ4v) is 4.28. The summed E-state index contributed by atoms with van der Waals surface area (Å²) in [4.78, 5) is 21.0. The Kier molecular flexibility index (Phi) is 6.49. The molecular weight excluding hydrogens is 426 g/mol. The van der Waals surface area contributed by atoms with Gasteiger partial charge in [-0.2, -0.15) is 0 Å². The third-order valence-electron chi connectivity index (χ3n) is 6.24. The van der Waals surface area contributed by atoms with Crippen molar-refractivity contribution in [3.8, 4) is 5.75 Å². The third-order valence-corrected chi connectivity index (χ3v) is 6.24. The predicted octanol–water partition coefficient (Wildman–Crippen LogP) is 4.86. The van der Waals surface area contributed by atoms with Crippen LogP contribution in [0.3, 0.4) is 0 Å². The minimum Gasteiger partial charge on any atom is -0.489 e. The van der Waals surface area contributed by atoms with Crippen molar-refractivity contribution in [2.24, 2.45) is 0 Å². The van der Waals surface area contributed by atoms with Gasteiger partial charge in [0.15, 0.2) is 0 Å². The number of H-pyrrole nitrogens is 1. The van der Waals surface area contributed by atoms with Crippen molar-refractivity contribution in [2.75, 3.05) is 38.1 Å². The van der Waals surface area contributed by atoms with Crippen LogP contribution in [0.5, 0.6) is 5.75 Å². The van der Waals surface area contributed by atoms with E-state index in [4.69, 9.17) is 9.47 Å². The molecule has 0 unspecified atom stereocenters. The molecule has 0 radical (unpaired) electrons. The maximum Gasteiger partial charge on any atom is 0.357 e. The van der Waals surface area contributed by atoms with Crippen LogP contribution < -0.4 is 9.64 Å². The van der Waals surface area contributed by atoms with Crippen LogP contribution in [-0.2, 0) is 18.0 Å². The fraction of sp³-hybridized carbons (Fsp3) is 0.250. The highest BCUT2D eigenvalue weighted by Crippen LogP contribution is 2.32. The standard InChI is InChI=1S/C28H29N3O3/c1-30-15-17-31(18-16-30)27-24-9-5-6-10-25(24)29-26(27)28(32)34-20-22-11-13-23(14-12-22)33-19-21-7-3-2-4-8-21/h2-14,29H,15-20H2,1H3. The van der Waals surface area contributed by atoms with Gasteiger partial charge in [-0.15, -0.1) is 0 Å². The van der Waals surface area contributed by atoms with Crippen molar-refractivity contribution >= 4 is 22.6 Å². The topological polar surface area (TPSA) is 57.8 Å². The molecular formula is C28H29N3O3. The van der Waals surface area contributed by atoms with E-state index < -0.39 is 0 Å². The molecule has 1 fully saturated rings. The number of anilines is 1. The highest BCUT2D eigenvalue weighted by atomic mass is 16.5. The third kappa shape index (κ3) is 4.92. The first-order valence-electron chi connectivity index (χ1n) is 11.6. The van der Waals surface area contributed by atoms with Gasteiger partial charge in [0.05, 0.1) is 5.69 Å². The molecule has 3 aromatic carbocycles. The second-order valence-corrected chi connectivity index (χ2v) is 8.68. The Hall–Kier alpha value is -3.77. The lowest BCUT2D eigenvalue weighted by Crippen LogP contribution is -2.44. The van der Waals surface area contributed by atoms with E-state index in [2.05, 4.69) is 27.9 Å². The number of nitrogens with one attached hydrogen (secondary N) is 1. The molecule has 174 valence electrons. The van der Waals surface area contributed by atoms with Gasteiger partial charge in [0.2, 0.25) is 0 Å². The van der Waals surface area contributed by atoms with Crippen molar-refractivity contribution in [1.29, 1.82) is 0 Å². The Labute approximate surface area is 199 Å². The van der Waals surface area contributed by atoms with Crippen LogP contribution in [0.1, 0.15) is 21.6 Å². The smallest absolute Gasteiger partial charge is 0.357 e. The van der Waals surface area contributed by atoms with Crippen molar-refractivity contribution in [2.45, 2.75) is 13.2 Å². The van der Waals surface area contributed by atoms with Crippen molar-refractivity contribution in [3.05, 3.63) is 95.7 Å². The van der Waals surface area contributed by atoms with E-state index >= 15 is 0 Å². The van der Waals surface area contributed by atoms with E-state index in [9.17, 15) is 4.79 Å². The zero-order valence-electron chi connectivity index (χ0n) is 19.4. The molecule has 0 amide bonds. The van der Waals surface area contributed by atoms with Crippen molar-refractivity contribution in [3.63, 3.8) is 0 Å². The Bertz CT molecular complexity index is 1240. The van der Waals surface area contributed by atoms with Crippen LogP contribution in [0.4, 0.5) is 5.69 Å². The molecule has 1 aromatic heterocycles. The number of ether oxygens (including phenoxy) is 2. The molecule has 6 nitrogen and oxygen atoms in total. The average Bonchev–Trinajstić information content (AvgIpc) is 3.27. The zero-order chi connectivity index (χ0) is 23.3. The van der Waals surface area contributed by atoms with Crippen LogP contribution in [0.25, 0.3) is 10.9 Å². The molecule has 1 aliphatic rings. The van der Waals surface area contributed by atoms with E-state index in [1.54, 1.807) is 0 Å². The van der Waals surface area contributed by atoms with Gasteiger partial charge in [-0.05, 0) is 36.4 Å². The van der Waals surface area contributed by atoms with E-state index in [-0.39, 0.29) is 12.6 Å². The van der Waals surface area contributed by atoms with Gasteiger partial charge in [0.25, 0.3) is 0 Å². The molecule has 6 heteroatoms. The lowest BCUT2D eigenvalue weighted by molar-refractivity contribution is 0.0467. The molecule has 0 atom stereocenters. The van der Waals surface area contributed by atoms with Gasteiger partial charge in [0.1, 0.15) is 24.7 Å². The number of benzene rings is 3. The van der Waals surface area contributed by atoms with Gasteiger partial charge < -0.3 is 24.3 Å². The number of carbonyl (C=O) groups is 1. The Morgan fingerprint density at radius 2 is 1.50 bits per heavy atom. The van der Waals surface area contributed by atoms with Crippen LogP contribution >= 0.6 is 0 Å². The summed E-state index contributed by atoms with van der Waals surface area (Å²) in [6.07, 6.45) is 0. The number of para-hydroxylation sites is 1. The summed E-state index contributed by atoms with van der Waals surface area (Å²) in [5.74, 6) is 0.446. The summed E-state index contributed by atoms with van der Waals surface area (Å²) in [7, 11) is 2.12. The maximum absolute atomic E-state index is 13.1. The molecule has 5 rings (SSSR count). The van der Waals surface area contributed by atoms with Gasteiger partial charge in [-0.25, -0.2) is 4.79 Å². The van der Waals surface area contributed by atoms with E-state index in [1.165, 1.54) is 0 Å². The summed E-state index contributed by atoms with van der Waals surface area (Å²) in [5.41, 5.74) is 4.45. The zero-order valence-corrected chi connectivity index (χ0v) is 19.4. The number of likely N-dealkylation sites (N-methyl/N-ethyl adjacent to an activating group) is 1. The second-order valence-electron chi connectivity index (χ2n) is 8.68. The Morgan fingerprint density at radius 1 is 0.824 bits per heavy atom. The largest absolute Gasteiger partial charge is 0.489 e. The molecule has 2 heterocycles. The monoisotopic (exact) mass is 455 g/mol. The number of hydrogen-bond acceptors (Lipinski definition) is 5. The predicted molar refractivity (Wildman–Crippen MR) is 134 cm³/mol. The minimum atomic E-state index is -0.338. The van der Waals surface area contributed by atoms with Gasteiger partial charge >= 0.3 is 5.97 Å². The van der Waals surface area contributed by atoms with Crippen molar-refractivity contribution < 1.29 is 14.3 Å². The van der Waals surface area contributed by atoms with Gasteiger partial charge in [-0.3, -0.25) is 0 Å². The molecule has 1 saturated heterocycles. The number of carbonyl (C=O) groups excluding carboxylic acids is 1. The number of aromatic amines is 1. The van der Waals surface area contributed by atoms with Crippen molar-refractivity contribution in [1.82, 2.24) is 9.88 Å². The highest BCUT2D eigenvalue weighted by molar-refractivity contribution is 6.06. The van der Waals surface area contributed by atoms with Gasteiger partial charge in [0, 0.05) is 37.1 Å².